The van der Waals surface area contributed by atoms with Crippen LogP contribution in [0.25, 0.3) is 0 Å². The van der Waals surface area contributed by atoms with E-state index >= 15 is 0 Å². The van der Waals surface area contributed by atoms with Crippen LogP contribution in [0.2, 0.25) is 0 Å². The maximum Gasteiger partial charge on any atom is 0.173 e. The lowest BCUT2D eigenvalue weighted by molar-refractivity contribution is 0.102. The number of carbonyl (C=O) groups is 1. The first-order valence-corrected chi connectivity index (χ1v) is 8.05. The molecule has 20 heavy (non-hydrogen) atoms. The lowest BCUT2D eigenvalue weighted by Crippen LogP contribution is -2.02. The number of hydrogen-bond acceptors (Lipinski definition) is 2. The maximum atomic E-state index is 12.2. The summed E-state index contributed by atoms with van der Waals surface area (Å²) in [5.74, 6) is 0.724. The Morgan fingerprint density at radius 1 is 1.10 bits per heavy atom. The first kappa shape index (κ1) is 13.4. The molecule has 0 atom stereocenters. The van der Waals surface area contributed by atoms with Crippen LogP contribution in [0.4, 0.5) is 0 Å². The molecule has 0 radical (unpaired) electrons. The van der Waals surface area contributed by atoms with Crippen molar-refractivity contribution in [2.24, 2.45) is 0 Å². The summed E-state index contributed by atoms with van der Waals surface area (Å²) in [6, 6.07) is 14.5. The number of benzene rings is 2. The van der Waals surface area contributed by atoms with Gasteiger partial charge in [-0.05, 0) is 55.5 Å². The van der Waals surface area contributed by atoms with E-state index in [0.717, 1.165) is 11.1 Å². The van der Waals surface area contributed by atoms with E-state index in [2.05, 4.69) is 18.2 Å². The molecule has 0 fully saturated rings. The zero-order chi connectivity index (χ0) is 13.9. The van der Waals surface area contributed by atoms with Crippen LogP contribution in [0.15, 0.2) is 47.4 Å². The Kier molecular flexibility index (Phi) is 3.93. The van der Waals surface area contributed by atoms with Gasteiger partial charge in [-0.2, -0.15) is 0 Å². The second-order valence-electron chi connectivity index (χ2n) is 5.37. The first-order chi connectivity index (χ1) is 9.72. The van der Waals surface area contributed by atoms with Crippen LogP contribution in [-0.4, -0.2) is 11.5 Å². The maximum absolute atomic E-state index is 12.2. The molecule has 0 aliphatic heterocycles. The first-order valence-electron chi connectivity index (χ1n) is 7.07. The Morgan fingerprint density at radius 2 is 1.95 bits per heavy atom. The molecule has 0 saturated heterocycles. The van der Waals surface area contributed by atoms with E-state index in [4.69, 9.17) is 0 Å². The van der Waals surface area contributed by atoms with E-state index in [1.807, 2.05) is 31.2 Å². The van der Waals surface area contributed by atoms with Crippen LogP contribution in [0.5, 0.6) is 0 Å². The molecule has 2 heteroatoms. The van der Waals surface area contributed by atoms with Gasteiger partial charge in [0.2, 0.25) is 0 Å². The zero-order valence-electron chi connectivity index (χ0n) is 11.7. The molecule has 2 aromatic rings. The molecular formula is C18H18OS. The summed E-state index contributed by atoms with van der Waals surface area (Å²) in [6.45, 7) is 2.02. The predicted molar refractivity (Wildman–Crippen MR) is 84.7 cm³/mol. The van der Waals surface area contributed by atoms with Crippen LogP contribution in [-0.2, 0) is 12.8 Å². The molecule has 1 aliphatic rings. The average Bonchev–Trinajstić information content (AvgIpc) is 2.92. The largest absolute Gasteiger partial charge is 0.293 e. The summed E-state index contributed by atoms with van der Waals surface area (Å²) in [5.41, 5.74) is 4.91. The third kappa shape index (κ3) is 2.96. The van der Waals surface area contributed by atoms with Crippen molar-refractivity contribution in [3.05, 3.63) is 64.7 Å². The molecule has 0 N–H and O–H groups in total. The summed E-state index contributed by atoms with van der Waals surface area (Å²) >= 11 is 1.65. The van der Waals surface area contributed by atoms with Crippen LogP contribution >= 0.6 is 11.8 Å². The van der Waals surface area contributed by atoms with Gasteiger partial charge in [-0.3, -0.25) is 4.79 Å². The Bertz CT molecular complexity index is 646. The number of Topliss-reactive ketones (excluding diaryl/α,β-unsaturated/α-hetero) is 1. The van der Waals surface area contributed by atoms with Gasteiger partial charge in [-0.1, -0.05) is 29.8 Å². The Morgan fingerprint density at radius 3 is 2.80 bits per heavy atom. The highest BCUT2D eigenvalue weighted by Crippen LogP contribution is 2.28. The van der Waals surface area contributed by atoms with Gasteiger partial charge in [0.25, 0.3) is 0 Å². The number of fused-ring (bicyclic) bond motifs is 1. The fourth-order valence-corrected chi connectivity index (χ4v) is 3.54. The normalized spacial score (nSPS) is 13.2. The topological polar surface area (TPSA) is 17.1 Å². The number of carbonyl (C=O) groups excluding carboxylic acids is 1. The molecule has 1 aliphatic carbocycles. The summed E-state index contributed by atoms with van der Waals surface area (Å²) < 4.78 is 0. The third-order valence-electron chi connectivity index (χ3n) is 3.78. The molecule has 0 amide bonds. The third-order valence-corrected chi connectivity index (χ3v) is 4.77. The minimum Gasteiger partial charge on any atom is -0.293 e. The second kappa shape index (κ2) is 5.84. The highest BCUT2D eigenvalue weighted by atomic mass is 32.2. The molecule has 0 aromatic heterocycles. The van der Waals surface area contributed by atoms with Crippen molar-refractivity contribution in [3.8, 4) is 0 Å². The van der Waals surface area contributed by atoms with Crippen molar-refractivity contribution < 1.29 is 4.79 Å². The van der Waals surface area contributed by atoms with Crippen LogP contribution in [0.3, 0.4) is 0 Å². The van der Waals surface area contributed by atoms with Crippen molar-refractivity contribution in [1.29, 1.82) is 0 Å². The highest BCUT2D eigenvalue weighted by molar-refractivity contribution is 8.00. The minimum absolute atomic E-state index is 0.208. The molecule has 0 saturated carbocycles. The van der Waals surface area contributed by atoms with Gasteiger partial charge in [-0.15, -0.1) is 11.8 Å². The molecule has 2 aromatic carbocycles. The monoisotopic (exact) mass is 282 g/mol. The molecule has 0 heterocycles. The van der Waals surface area contributed by atoms with E-state index in [1.54, 1.807) is 11.8 Å². The quantitative estimate of drug-likeness (QED) is 0.608. The lowest BCUT2D eigenvalue weighted by Gasteiger charge is -2.05. The number of aryl methyl sites for hydroxylation is 3. The molecule has 3 rings (SSSR count). The molecule has 0 spiro atoms. The van der Waals surface area contributed by atoms with Crippen molar-refractivity contribution in [3.63, 3.8) is 0 Å². The van der Waals surface area contributed by atoms with Crippen molar-refractivity contribution >= 4 is 17.5 Å². The molecule has 0 unspecified atom stereocenters. The van der Waals surface area contributed by atoms with E-state index in [1.165, 1.54) is 35.3 Å². The van der Waals surface area contributed by atoms with Gasteiger partial charge in [0.05, 0.1) is 5.75 Å². The Balaban J connectivity index is 1.66. The van der Waals surface area contributed by atoms with Gasteiger partial charge in [0.15, 0.2) is 5.78 Å². The number of thioether (sulfide) groups is 1. The molecule has 0 bridgehead atoms. The van der Waals surface area contributed by atoms with Gasteiger partial charge >= 0.3 is 0 Å². The predicted octanol–water partition coefficient (Wildman–Crippen LogP) is 4.46. The highest BCUT2D eigenvalue weighted by Gasteiger charge is 2.12. The SMILES string of the molecule is Cc1cccc(C(=O)CSc2ccc3c(c2)CCC3)c1. The smallest absolute Gasteiger partial charge is 0.173 e. The van der Waals surface area contributed by atoms with Crippen molar-refractivity contribution in [2.45, 2.75) is 31.1 Å². The van der Waals surface area contributed by atoms with Crippen LogP contribution in [0, 0.1) is 6.92 Å². The Hall–Kier alpha value is -1.54. The van der Waals surface area contributed by atoms with Crippen molar-refractivity contribution in [2.75, 3.05) is 5.75 Å². The number of hydrogen-bond donors (Lipinski definition) is 0. The van der Waals surface area contributed by atoms with E-state index in [9.17, 15) is 4.79 Å². The van der Waals surface area contributed by atoms with Crippen molar-refractivity contribution in [1.82, 2.24) is 0 Å². The van der Waals surface area contributed by atoms with Crippen LogP contribution < -0.4 is 0 Å². The van der Waals surface area contributed by atoms with Gasteiger partial charge in [0.1, 0.15) is 0 Å². The minimum atomic E-state index is 0.208. The molecule has 102 valence electrons. The van der Waals surface area contributed by atoms with Crippen LogP contribution in [0.1, 0.15) is 33.5 Å². The van der Waals surface area contributed by atoms with E-state index in [-0.39, 0.29) is 5.78 Å². The molecular weight excluding hydrogens is 264 g/mol. The number of rotatable bonds is 4. The fourth-order valence-electron chi connectivity index (χ4n) is 2.69. The van der Waals surface area contributed by atoms with E-state index in [0.29, 0.717) is 5.75 Å². The van der Waals surface area contributed by atoms with Gasteiger partial charge in [-0.25, -0.2) is 0 Å². The zero-order valence-corrected chi connectivity index (χ0v) is 12.5. The standard InChI is InChI=1S/C18H18OS/c1-13-4-2-7-16(10-13)18(19)12-20-17-9-8-14-5-3-6-15(14)11-17/h2,4,7-11H,3,5-6,12H2,1H3. The Labute approximate surface area is 124 Å². The van der Waals surface area contributed by atoms with Gasteiger partial charge in [0, 0.05) is 10.5 Å². The second-order valence-corrected chi connectivity index (χ2v) is 6.41. The average molecular weight is 282 g/mol. The summed E-state index contributed by atoms with van der Waals surface area (Å²) in [4.78, 5) is 13.4. The number of ketones is 1. The summed E-state index contributed by atoms with van der Waals surface area (Å²) in [6.07, 6.45) is 3.67. The van der Waals surface area contributed by atoms with E-state index < -0.39 is 0 Å². The summed E-state index contributed by atoms with van der Waals surface area (Å²) in [5, 5.41) is 0. The lowest BCUT2D eigenvalue weighted by atomic mass is 10.1. The van der Waals surface area contributed by atoms with Gasteiger partial charge < -0.3 is 0 Å². The summed E-state index contributed by atoms with van der Waals surface area (Å²) in [7, 11) is 0. The fraction of sp³-hybridized carbons (Fsp3) is 0.278. The molecule has 1 nitrogen and oxygen atoms in total.